The zero-order valence-electron chi connectivity index (χ0n) is 17.2. The van der Waals surface area contributed by atoms with Crippen molar-refractivity contribution in [3.8, 4) is 0 Å². The van der Waals surface area contributed by atoms with E-state index in [0.717, 1.165) is 5.56 Å². The van der Waals surface area contributed by atoms with Gasteiger partial charge in [-0.1, -0.05) is 32.9 Å². The summed E-state index contributed by atoms with van der Waals surface area (Å²) in [6, 6.07) is 5.90. The molecular formula is C20H32F3NOSi. The average Bonchev–Trinajstić information content (AvgIpc) is 3.18. The van der Waals surface area contributed by atoms with Crippen molar-refractivity contribution in [2.75, 3.05) is 6.61 Å². The molecule has 0 spiro atoms. The van der Waals surface area contributed by atoms with Crippen LogP contribution in [0.5, 0.6) is 0 Å². The highest BCUT2D eigenvalue weighted by Crippen LogP contribution is 2.50. The highest BCUT2D eigenvalue weighted by Gasteiger charge is 2.54. The molecule has 0 bridgehead atoms. The van der Waals surface area contributed by atoms with Gasteiger partial charge in [-0.2, -0.15) is 13.2 Å². The van der Waals surface area contributed by atoms with E-state index in [-0.39, 0.29) is 22.7 Å². The second-order valence-electron chi connectivity index (χ2n) is 9.78. The molecule has 3 atom stereocenters. The van der Waals surface area contributed by atoms with Crippen molar-refractivity contribution in [3.63, 3.8) is 0 Å². The van der Waals surface area contributed by atoms with Crippen LogP contribution in [0.2, 0.25) is 18.1 Å². The first-order valence-electron chi connectivity index (χ1n) is 9.15. The molecule has 1 aliphatic rings. The molecule has 1 saturated heterocycles. The van der Waals surface area contributed by atoms with Crippen LogP contribution in [0, 0.1) is 0 Å². The minimum absolute atomic E-state index is 0.0607. The van der Waals surface area contributed by atoms with Gasteiger partial charge in [0.2, 0.25) is 0 Å². The van der Waals surface area contributed by atoms with Crippen molar-refractivity contribution in [2.24, 2.45) is 0 Å². The van der Waals surface area contributed by atoms with E-state index in [1.54, 1.807) is 12.1 Å². The Bertz CT molecular complexity index is 626. The van der Waals surface area contributed by atoms with Crippen LogP contribution in [0.4, 0.5) is 13.2 Å². The predicted octanol–water partition coefficient (Wildman–Crippen LogP) is 6.25. The zero-order valence-corrected chi connectivity index (χ0v) is 18.2. The average molecular weight is 388 g/mol. The fraction of sp³-hybridized carbons (Fsp3) is 0.700. The molecule has 0 amide bonds. The van der Waals surface area contributed by atoms with Crippen LogP contribution in [0.3, 0.4) is 0 Å². The number of rotatable bonds is 4. The summed E-state index contributed by atoms with van der Waals surface area (Å²) < 4.78 is 44.8. The summed E-state index contributed by atoms with van der Waals surface area (Å²) in [6.45, 7) is 18.1. The van der Waals surface area contributed by atoms with Gasteiger partial charge in [0, 0.05) is 5.54 Å². The molecule has 1 aliphatic heterocycles. The third-order valence-corrected chi connectivity index (χ3v) is 10.2. The van der Waals surface area contributed by atoms with Gasteiger partial charge in [0.05, 0.1) is 24.3 Å². The Labute approximate surface area is 156 Å². The van der Waals surface area contributed by atoms with E-state index < -0.39 is 20.1 Å². The summed E-state index contributed by atoms with van der Waals surface area (Å²) in [5.74, 6) is 0. The first-order chi connectivity index (χ1) is 11.6. The molecule has 2 nitrogen and oxygen atoms in total. The molecule has 1 unspecified atom stereocenters. The lowest BCUT2D eigenvalue weighted by molar-refractivity contribution is -0.137. The molecule has 148 valence electrons. The van der Waals surface area contributed by atoms with Gasteiger partial charge in [0.15, 0.2) is 8.32 Å². The fourth-order valence-electron chi connectivity index (χ4n) is 3.13. The molecule has 0 N–H and O–H groups in total. The molecule has 6 heteroatoms. The van der Waals surface area contributed by atoms with Crippen LogP contribution < -0.4 is 0 Å². The van der Waals surface area contributed by atoms with Crippen LogP contribution in [-0.2, 0) is 10.6 Å². The highest BCUT2D eigenvalue weighted by molar-refractivity contribution is 6.74. The van der Waals surface area contributed by atoms with Gasteiger partial charge in [-0.3, -0.25) is 4.90 Å². The molecule has 0 radical (unpaired) electrons. The lowest BCUT2D eigenvalue weighted by atomic mass is 10.1. The van der Waals surface area contributed by atoms with Crippen LogP contribution in [0.1, 0.15) is 58.7 Å². The maximum Gasteiger partial charge on any atom is 0.416 e. The van der Waals surface area contributed by atoms with Crippen molar-refractivity contribution < 1.29 is 17.6 Å². The van der Waals surface area contributed by atoms with Crippen molar-refractivity contribution in [2.45, 2.75) is 83.5 Å². The number of hydrogen-bond donors (Lipinski definition) is 0. The Hall–Kier alpha value is -0.853. The number of nitrogens with zero attached hydrogens (tertiary/aromatic N) is 1. The second kappa shape index (κ2) is 6.64. The summed E-state index contributed by atoms with van der Waals surface area (Å²) in [5, 5.41) is 0.137. The minimum Gasteiger partial charge on any atom is -0.415 e. The van der Waals surface area contributed by atoms with Crippen LogP contribution >= 0.6 is 0 Å². The number of benzene rings is 1. The molecule has 2 rings (SSSR count). The molecule has 0 aliphatic carbocycles. The first kappa shape index (κ1) is 21.4. The monoisotopic (exact) mass is 387 g/mol. The molecule has 0 aromatic heterocycles. The summed E-state index contributed by atoms with van der Waals surface area (Å²) in [6.07, 6.45) is -4.29. The molecule has 26 heavy (non-hydrogen) atoms. The molecule has 1 aromatic rings. The normalized spacial score (nSPS) is 24.7. The Balaban J connectivity index is 2.16. The van der Waals surface area contributed by atoms with Crippen LogP contribution in [0.25, 0.3) is 0 Å². The maximum atomic E-state index is 12.8. The third kappa shape index (κ3) is 4.51. The highest BCUT2D eigenvalue weighted by atomic mass is 28.4. The largest absolute Gasteiger partial charge is 0.416 e. The topological polar surface area (TPSA) is 12.2 Å². The fourth-order valence-corrected chi connectivity index (χ4v) is 4.15. The predicted molar refractivity (Wildman–Crippen MR) is 103 cm³/mol. The van der Waals surface area contributed by atoms with Gasteiger partial charge in [-0.15, -0.1) is 0 Å². The van der Waals surface area contributed by atoms with Gasteiger partial charge in [0.1, 0.15) is 0 Å². The van der Waals surface area contributed by atoms with E-state index in [4.69, 9.17) is 4.43 Å². The maximum absolute atomic E-state index is 12.8. The lowest BCUT2D eigenvalue weighted by Gasteiger charge is -2.36. The van der Waals surface area contributed by atoms with E-state index in [1.165, 1.54) is 12.1 Å². The van der Waals surface area contributed by atoms with Crippen LogP contribution in [-0.4, -0.2) is 31.4 Å². The number of halogens is 3. The quantitative estimate of drug-likeness (QED) is 0.447. The summed E-state index contributed by atoms with van der Waals surface area (Å²) in [4.78, 5) is 2.34. The summed E-state index contributed by atoms with van der Waals surface area (Å²) >= 11 is 0. The molecule has 1 heterocycles. The molecular weight excluding hydrogens is 355 g/mol. The van der Waals surface area contributed by atoms with Crippen molar-refractivity contribution >= 4 is 8.32 Å². The zero-order chi connectivity index (χ0) is 20.1. The van der Waals surface area contributed by atoms with Crippen molar-refractivity contribution in [1.82, 2.24) is 4.90 Å². The summed E-state index contributed by atoms with van der Waals surface area (Å²) in [7, 11) is -1.86. The first-order valence-corrected chi connectivity index (χ1v) is 12.1. The van der Waals surface area contributed by atoms with Crippen molar-refractivity contribution in [1.29, 1.82) is 0 Å². The van der Waals surface area contributed by atoms with Gasteiger partial charge >= 0.3 is 6.18 Å². The Morgan fingerprint density at radius 3 is 1.85 bits per heavy atom. The van der Waals surface area contributed by atoms with E-state index in [9.17, 15) is 13.2 Å². The van der Waals surface area contributed by atoms with E-state index >= 15 is 0 Å². The van der Waals surface area contributed by atoms with Gasteiger partial charge in [0.25, 0.3) is 0 Å². The van der Waals surface area contributed by atoms with Gasteiger partial charge in [-0.05, 0) is 56.6 Å². The standard InChI is InChI=1S/C20H32F3NOSi/c1-18(2,3)24-16(13-25-26(7,8)19(4,5)6)17(24)14-9-11-15(12-10-14)20(21,22)23/h9-12,16-17H,13H2,1-8H3/t16-,17+,24?/m0/s1. The van der Waals surface area contributed by atoms with E-state index in [2.05, 4.69) is 59.5 Å². The van der Waals surface area contributed by atoms with Gasteiger partial charge < -0.3 is 4.43 Å². The Kier molecular flexibility index (Phi) is 5.48. The van der Waals surface area contributed by atoms with E-state index in [1.807, 2.05) is 0 Å². The third-order valence-electron chi connectivity index (χ3n) is 5.71. The minimum atomic E-state index is -4.29. The Morgan fingerprint density at radius 2 is 1.46 bits per heavy atom. The lowest BCUT2D eigenvalue weighted by Crippen LogP contribution is -2.42. The number of hydrogen-bond acceptors (Lipinski definition) is 2. The molecule has 0 saturated carbocycles. The van der Waals surface area contributed by atoms with Gasteiger partial charge in [-0.25, -0.2) is 0 Å². The van der Waals surface area contributed by atoms with Crippen molar-refractivity contribution in [3.05, 3.63) is 35.4 Å². The molecule has 1 fully saturated rings. The van der Waals surface area contributed by atoms with E-state index in [0.29, 0.717) is 6.61 Å². The van der Waals surface area contributed by atoms with Crippen LogP contribution in [0.15, 0.2) is 24.3 Å². The second-order valence-corrected chi connectivity index (χ2v) is 14.6. The number of alkyl halides is 3. The Morgan fingerprint density at radius 1 is 0.962 bits per heavy atom. The summed E-state index contributed by atoms with van der Waals surface area (Å²) in [5.41, 5.74) is 0.268. The smallest absolute Gasteiger partial charge is 0.415 e. The molecule has 1 aromatic carbocycles. The SMILES string of the molecule is CC(C)(C)N1[C@H](c2ccc(C(F)(F)F)cc2)[C@@H]1CO[Si](C)(C)C(C)(C)C.